The highest BCUT2D eigenvalue weighted by molar-refractivity contribution is 7.19. The molecular weight excluding hydrogens is 268 g/mol. The average molecular weight is 290 g/mol. The zero-order chi connectivity index (χ0) is 14.8. The summed E-state index contributed by atoms with van der Waals surface area (Å²) in [5, 5.41) is 7.46. The van der Waals surface area contributed by atoms with Gasteiger partial charge in [0.15, 0.2) is 0 Å². The van der Waals surface area contributed by atoms with Gasteiger partial charge in [-0.15, -0.1) is 11.3 Å². The van der Waals surface area contributed by atoms with Crippen molar-refractivity contribution in [3.63, 3.8) is 0 Å². The van der Waals surface area contributed by atoms with Crippen LogP contribution in [0, 0.1) is 5.41 Å². The Labute approximate surface area is 124 Å². The molecule has 0 bridgehead atoms. The van der Waals surface area contributed by atoms with Crippen molar-refractivity contribution in [3.8, 4) is 0 Å². The molecule has 4 heteroatoms. The zero-order valence-electron chi connectivity index (χ0n) is 12.5. The number of benzene rings is 1. The molecule has 0 aliphatic rings. The van der Waals surface area contributed by atoms with Crippen LogP contribution in [0.15, 0.2) is 30.3 Å². The number of thiophene rings is 1. The third kappa shape index (κ3) is 3.19. The standard InChI is InChI=1S/C16H22N2OS/c1-11(18-10-16(2,3)15(19)17-4)14-9-12-7-5-6-8-13(12)20-14/h5-9,11,18H,10H2,1-4H3,(H,17,19). The van der Waals surface area contributed by atoms with Crippen LogP contribution in [-0.2, 0) is 4.79 Å². The molecule has 0 aliphatic heterocycles. The van der Waals surface area contributed by atoms with Gasteiger partial charge in [0.2, 0.25) is 5.91 Å². The zero-order valence-corrected chi connectivity index (χ0v) is 13.3. The highest BCUT2D eigenvalue weighted by atomic mass is 32.1. The van der Waals surface area contributed by atoms with E-state index in [-0.39, 0.29) is 11.9 Å². The van der Waals surface area contributed by atoms with Gasteiger partial charge in [-0.2, -0.15) is 0 Å². The summed E-state index contributed by atoms with van der Waals surface area (Å²) < 4.78 is 1.31. The van der Waals surface area contributed by atoms with Gasteiger partial charge < -0.3 is 10.6 Å². The Morgan fingerprint density at radius 3 is 2.70 bits per heavy atom. The number of rotatable bonds is 5. The lowest BCUT2D eigenvalue weighted by molar-refractivity contribution is -0.128. The predicted octanol–water partition coefficient (Wildman–Crippen LogP) is 3.32. The molecule has 0 fully saturated rings. The first kappa shape index (κ1) is 15.0. The van der Waals surface area contributed by atoms with E-state index >= 15 is 0 Å². The topological polar surface area (TPSA) is 41.1 Å². The summed E-state index contributed by atoms with van der Waals surface area (Å²) >= 11 is 1.81. The van der Waals surface area contributed by atoms with Crippen LogP contribution in [0.2, 0.25) is 0 Å². The Morgan fingerprint density at radius 1 is 1.35 bits per heavy atom. The van der Waals surface area contributed by atoms with E-state index in [1.807, 2.05) is 25.2 Å². The molecule has 2 aromatic rings. The normalized spacial score (nSPS) is 13.4. The third-order valence-electron chi connectivity index (χ3n) is 3.56. The fourth-order valence-corrected chi connectivity index (χ4v) is 3.23. The Balaban J connectivity index is 2.05. The van der Waals surface area contributed by atoms with Gasteiger partial charge >= 0.3 is 0 Å². The molecule has 0 radical (unpaired) electrons. The number of nitrogens with one attached hydrogen (secondary N) is 2. The molecule has 2 rings (SSSR count). The van der Waals surface area contributed by atoms with E-state index in [0.717, 1.165) is 0 Å². The van der Waals surface area contributed by atoms with Gasteiger partial charge in [-0.25, -0.2) is 0 Å². The minimum atomic E-state index is -0.403. The van der Waals surface area contributed by atoms with Crippen molar-refractivity contribution < 1.29 is 4.79 Å². The van der Waals surface area contributed by atoms with Crippen molar-refractivity contribution in [1.29, 1.82) is 0 Å². The van der Waals surface area contributed by atoms with E-state index in [9.17, 15) is 4.79 Å². The lowest BCUT2D eigenvalue weighted by Gasteiger charge is -2.25. The molecule has 1 amide bonds. The van der Waals surface area contributed by atoms with E-state index in [2.05, 4.69) is 47.9 Å². The Hall–Kier alpha value is -1.39. The minimum Gasteiger partial charge on any atom is -0.359 e. The molecule has 1 aromatic carbocycles. The van der Waals surface area contributed by atoms with Gasteiger partial charge in [0, 0.05) is 29.2 Å². The third-order valence-corrected chi connectivity index (χ3v) is 4.86. The van der Waals surface area contributed by atoms with Crippen LogP contribution in [0.3, 0.4) is 0 Å². The van der Waals surface area contributed by atoms with Crippen molar-refractivity contribution >= 4 is 27.3 Å². The average Bonchev–Trinajstić information content (AvgIpc) is 2.87. The smallest absolute Gasteiger partial charge is 0.226 e. The highest BCUT2D eigenvalue weighted by Crippen LogP contribution is 2.30. The van der Waals surface area contributed by atoms with Crippen LogP contribution in [0.25, 0.3) is 10.1 Å². The second kappa shape index (κ2) is 5.94. The van der Waals surface area contributed by atoms with Gasteiger partial charge in [-0.3, -0.25) is 4.79 Å². The molecule has 0 spiro atoms. The maximum atomic E-state index is 11.8. The van der Waals surface area contributed by atoms with Crippen molar-refractivity contribution in [3.05, 3.63) is 35.2 Å². The molecule has 1 heterocycles. The van der Waals surface area contributed by atoms with E-state index in [0.29, 0.717) is 6.54 Å². The van der Waals surface area contributed by atoms with Gasteiger partial charge in [-0.05, 0) is 38.3 Å². The van der Waals surface area contributed by atoms with Crippen LogP contribution < -0.4 is 10.6 Å². The van der Waals surface area contributed by atoms with Gasteiger partial charge in [0.25, 0.3) is 0 Å². The van der Waals surface area contributed by atoms with Crippen molar-refractivity contribution in [2.75, 3.05) is 13.6 Å². The van der Waals surface area contributed by atoms with Crippen molar-refractivity contribution in [2.24, 2.45) is 5.41 Å². The monoisotopic (exact) mass is 290 g/mol. The molecule has 1 atom stereocenters. The van der Waals surface area contributed by atoms with Crippen LogP contribution in [-0.4, -0.2) is 19.5 Å². The SMILES string of the molecule is CNC(=O)C(C)(C)CNC(C)c1cc2ccccc2s1. The number of amides is 1. The summed E-state index contributed by atoms with van der Waals surface area (Å²) in [5.41, 5.74) is -0.403. The summed E-state index contributed by atoms with van der Waals surface area (Å²) in [6, 6.07) is 10.9. The molecular formula is C16H22N2OS. The fraction of sp³-hybridized carbons (Fsp3) is 0.438. The molecule has 3 nitrogen and oxygen atoms in total. The van der Waals surface area contributed by atoms with Gasteiger partial charge in [0.1, 0.15) is 0 Å². The highest BCUT2D eigenvalue weighted by Gasteiger charge is 2.27. The summed E-state index contributed by atoms with van der Waals surface area (Å²) in [6.45, 7) is 6.71. The molecule has 1 unspecified atom stereocenters. The van der Waals surface area contributed by atoms with E-state index in [1.165, 1.54) is 15.0 Å². The van der Waals surface area contributed by atoms with E-state index < -0.39 is 5.41 Å². The van der Waals surface area contributed by atoms with Crippen LogP contribution >= 0.6 is 11.3 Å². The molecule has 0 aliphatic carbocycles. The first-order valence-corrected chi connectivity index (χ1v) is 7.70. The summed E-state index contributed by atoms with van der Waals surface area (Å²) in [7, 11) is 1.68. The summed E-state index contributed by atoms with van der Waals surface area (Å²) in [6.07, 6.45) is 0. The molecule has 2 N–H and O–H groups in total. The quantitative estimate of drug-likeness (QED) is 0.887. The number of hydrogen-bond acceptors (Lipinski definition) is 3. The summed E-state index contributed by atoms with van der Waals surface area (Å²) in [5.74, 6) is 0.0635. The van der Waals surface area contributed by atoms with E-state index in [1.54, 1.807) is 7.05 Å². The molecule has 108 valence electrons. The Bertz CT molecular complexity index is 570. The number of carbonyl (C=O) groups is 1. The van der Waals surface area contributed by atoms with Crippen molar-refractivity contribution in [2.45, 2.75) is 26.8 Å². The number of hydrogen-bond donors (Lipinski definition) is 2. The number of fused-ring (bicyclic) bond motifs is 1. The molecule has 0 saturated heterocycles. The first-order valence-electron chi connectivity index (χ1n) is 6.88. The van der Waals surface area contributed by atoms with Crippen molar-refractivity contribution in [1.82, 2.24) is 10.6 Å². The lowest BCUT2D eigenvalue weighted by Crippen LogP contribution is -2.42. The van der Waals surface area contributed by atoms with E-state index in [4.69, 9.17) is 0 Å². The minimum absolute atomic E-state index is 0.0635. The van der Waals surface area contributed by atoms with Gasteiger partial charge in [0.05, 0.1) is 5.41 Å². The first-order chi connectivity index (χ1) is 9.44. The van der Waals surface area contributed by atoms with Crippen LogP contribution in [0.1, 0.15) is 31.7 Å². The second-order valence-corrected chi connectivity index (χ2v) is 6.87. The Morgan fingerprint density at radius 2 is 2.05 bits per heavy atom. The summed E-state index contributed by atoms with van der Waals surface area (Å²) in [4.78, 5) is 13.1. The molecule has 0 saturated carbocycles. The lowest BCUT2D eigenvalue weighted by atomic mass is 9.92. The molecule has 1 aromatic heterocycles. The van der Waals surface area contributed by atoms with Gasteiger partial charge in [-0.1, -0.05) is 18.2 Å². The largest absolute Gasteiger partial charge is 0.359 e. The fourth-order valence-electron chi connectivity index (χ4n) is 2.14. The maximum absolute atomic E-state index is 11.8. The van der Waals surface area contributed by atoms with Crippen LogP contribution in [0.5, 0.6) is 0 Å². The number of carbonyl (C=O) groups excluding carboxylic acids is 1. The molecule has 20 heavy (non-hydrogen) atoms. The Kier molecular flexibility index (Phi) is 4.45. The second-order valence-electron chi connectivity index (χ2n) is 5.75. The van der Waals surface area contributed by atoms with Crippen LogP contribution in [0.4, 0.5) is 0 Å². The maximum Gasteiger partial charge on any atom is 0.226 e. The predicted molar refractivity (Wildman–Crippen MR) is 86.1 cm³/mol.